The largest absolute Gasteiger partial charge is 0.355 e. The van der Waals surface area contributed by atoms with E-state index in [-0.39, 0.29) is 0 Å². The summed E-state index contributed by atoms with van der Waals surface area (Å²) in [7, 11) is 0. The average Bonchev–Trinajstić information content (AvgIpc) is 2.82. The number of pyridine rings is 1. The van der Waals surface area contributed by atoms with Crippen molar-refractivity contribution in [1.82, 2.24) is 14.5 Å². The number of imidazole rings is 1. The Bertz CT molecular complexity index is 600. The van der Waals surface area contributed by atoms with Gasteiger partial charge in [-0.1, -0.05) is 5.16 Å². The molecule has 0 saturated heterocycles. The molecule has 0 amide bonds. The van der Waals surface area contributed by atoms with Gasteiger partial charge in [0.1, 0.15) is 12.0 Å². The summed E-state index contributed by atoms with van der Waals surface area (Å²) in [5, 5.41) is 3.67. The maximum absolute atomic E-state index is 5.08. The number of hydrogen-bond donors (Lipinski definition) is 0. The second kappa shape index (κ2) is 3.20. The summed E-state index contributed by atoms with van der Waals surface area (Å²) in [6.45, 7) is 0. The van der Waals surface area contributed by atoms with Crippen LogP contribution in [0.3, 0.4) is 0 Å². The lowest BCUT2D eigenvalue weighted by atomic mass is 10.3. The number of rotatable bonds is 1. The van der Waals surface area contributed by atoms with E-state index in [1.165, 1.54) is 0 Å². The van der Waals surface area contributed by atoms with Crippen molar-refractivity contribution in [1.29, 1.82) is 0 Å². The molecule has 0 fully saturated rings. The van der Waals surface area contributed by atoms with Crippen LogP contribution in [0.15, 0.2) is 45.9 Å². The van der Waals surface area contributed by atoms with Gasteiger partial charge in [0, 0.05) is 16.7 Å². The van der Waals surface area contributed by atoms with Crippen molar-refractivity contribution in [3.63, 3.8) is 0 Å². The molecule has 0 spiro atoms. The molecule has 3 heterocycles. The van der Waals surface area contributed by atoms with Gasteiger partial charge in [0.2, 0.25) is 0 Å². The number of aromatic nitrogens is 3. The van der Waals surface area contributed by atoms with Gasteiger partial charge in [0.25, 0.3) is 0 Å². The van der Waals surface area contributed by atoms with Crippen molar-refractivity contribution in [2.45, 2.75) is 0 Å². The van der Waals surface area contributed by atoms with E-state index in [4.69, 9.17) is 4.52 Å². The standard InChI is InChI=1S/C10H6BrN3O/c11-7-1-2-8-10(9-3-4-13-15-9)12-6-14(8)5-7/h1-6H. The molecular weight excluding hydrogens is 258 g/mol. The molecule has 74 valence electrons. The summed E-state index contributed by atoms with van der Waals surface area (Å²) < 4.78 is 8.02. The van der Waals surface area contributed by atoms with Crippen molar-refractivity contribution in [3.8, 4) is 11.5 Å². The lowest BCUT2D eigenvalue weighted by Crippen LogP contribution is -1.81. The van der Waals surface area contributed by atoms with Crippen LogP contribution in [0.1, 0.15) is 0 Å². The molecule has 0 atom stereocenters. The molecule has 0 aliphatic rings. The number of halogens is 1. The zero-order valence-electron chi connectivity index (χ0n) is 7.59. The van der Waals surface area contributed by atoms with Gasteiger partial charge in [-0.3, -0.25) is 0 Å². The molecule has 0 aromatic carbocycles. The molecule has 3 aromatic heterocycles. The van der Waals surface area contributed by atoms with Gasteiger partial charge in [0.15, 0.2) is 5.76 Å². The van der Waals surface area contributed by atoms with E-state index >= 15 is 0 Å². The molecule has 3 rings (SSSR count). The summed E-state index contributed by atoms with van der Waals surface area (Å²) in [4.78, 5) is 4.29. The smallest absolute Gasteiger partial charge is 0.187 e. The van der Waals surface area contributed by atoms with E-state index in [0.717, 1.165) is 15.7 Å². The fourth-order valence-corrected chi connectivity index (χ4v) is 1.85. The average molecular weight is 264 g/mol. The summed E-state index contributed by atoms with van der Waals surface area (Å²) in [5.41, 5.74) is 1.80. The predicted molar refractivity (Wildman–Crippen MR) is 58.4 cm³/mol. The first-order valence-corrected chi connectivity index (χ1v) is 5.17. The van der Waals surface area contributed by atoms with Crippen LogP contribution >= 0.6 is 15.9 Å². The third-order valence-corrected chi connectivity index (χ3v) is 2.64. The van der Waals surface area contributed by atoms with Crippen molar-refractivity contribution in [2.24, 2.45) is 0 Å². The number of nitrogens with zero attached hydrogens (tertiary/aromatic N) is 3. The van der Waals surface area contributed by atoms with E-state index in [9.17, 15) is 0 Å². The first-order valence-electron chi connectivity index (χ1n) is 4.38. The van der Waals surface area contributed by atoms with Gasteiger partial charge in [-0.15, -0.1) is 0 Å². The summed E-state index contributed by atoms with van der Waals surface area (Å²) >= 11 is 3.41. The van der Waals surface area contributed by atoms with Crippen molar-refractivity contribution >= 4 is 21.4 Å². The minimum absolute atomic E-state index is 0.680. The first kappa shape index (κ1) is 8.67. The number of hydrogen-bond acceptors (Lipinski definition) is 3. The van der Waals surface area contributed by atoms with Crippen LogP contribution in [0.2, 0.25) is 0 Å². The van der Waals surface area contributed by atoms with Gasteiger partial charge >= 0.3 is 0 Å². The molecule has 0 bridgehead atoms. The maximum Gasteiger partial charge on any atom is 0.187 e. The Labute approximate surface area is 93.7 Å². The fraction of sp³-hybridized carbons (Fsp3) is 0. The molecule has 0 radical (unpaired) electrons. The molecule has 0 aliphatic carbocycles. The molecule has 0 aliphatic heterocycles. The van der Waals surface area contributed by atoms with E-state index in [1.54, 1.807) is 18.6 Å². The van der Waals surface area contributed by atoms with Gasteiger partial charge in [-0.2, -0.15) is 0 Å². The Morgan fingerprint density at radius 2 is 2.20 bits per heavy atom. The van der Waals surface area contributed by atoms with Crippen molar-refractivity contribution in [3.05, 3.63) is 41.4 Å². The van der Waals surface area contributed by atoms with Gasteiger partial charge in [0.05, 0.1) is 11.7 Å². The Morgan fingerprint density at radius 3 is 3.00 bits per heavy atom. The Hall–Kier alpha value is -1.62. The summed E-state index contributed by atoms with van der Waals surface area (Å²) in [5.74, 6) is 0.680. The Morgan fingerprint density at radius 1 is 1.27 bits per heavy atom. The topological polar surface area (TPSA) is 43.3 Å². The summed E-state index contributed by atoms with van der Waals surface area (Å²) in [6.07, 6.45) is 5.31. The Balaban J connectivity index is 2.29. The molecular formula is C10H6BrN3O. The monoisotopic (exact) mass is 263 g/mol. The molecule has 4 nitrogen and oxygen atoms in total. The molecule has 0 unspecified atom stereocenters. The van der Waals surface area contributed by atoms with Crippen LogP contribution in [0.5, 0.6) is 0 Å². The molecule has 15 heavy (non-hydrogen) atoms. The highest BCUT2D eigenvalue weighted by atomic mass is 79.9. The lowest BCUT2D eigenvalue weighted by Gasteiger charge is -1.95. The normalized spacial score (nSPS) is 11.0. The summed E-state index contributed by atoms with van der Waals surface area (Å²) in [6, 6.07) is 5.75. The van der Waals surface area contributed by atoms with Crippen molar-refractivity contribution < 1.29 is 4.52 Å². The predicted octanol–water partition coefficient (Wildman–Crippen LogP) is 2.75. The van der Waals surface area contributed by atoms with Crippen LogP contribution < -0.4 is 0 Å². The first-order chi connectivity index (χ1) is 7.34. The highest BCUT2D eigenvalue weighted by Gasteiger charge is 2.09. The van der Waals surface area contributed by atoms with Crippen LogP contribution in [0.25, 0.3) is 17.0 Å². The molecule has 0 N–H and O–H groups in total. The second-order valence-electron chi connectivity index (χ2n) is 3.11. The van der Waals surface area contributed by atoms with Gasteiger partial charge < -0.3 is 8.92 Å². The highest BCUT2D eigenvalue weighted by Crippen LogP contribution is 2.23. The van der Waals surface area contributed by atoms with Crippen LogP contribution in [-0.4, -0.2) is 14.5 Å². The molecule has 5 heteroatoms. The van der Waals surface area contributed by atoms with E-state index < -0.39 is 0 Å². The van der Waals surface area contributed by atoms with Crippen LogP contribution in [0.4, 0.5) is 0 Å². The van der Waals surface area contributed by atoms with Gasteiger partial charge in [-0.05, 0) is 28.1 Å². The second-order valence-corrected chi connectivity index (χ2v) is 4.03. The lowest BCUT2D eigenvalue weighted by molar-refractivity contribution is 0.431. The maximum atomic E-state index is 5.08. The third kappa shape index (κ3) is 1.35. The molecule has 3 aromatic rings. The molecule has 0 saturated carbocycles. The Kier molecular flexibility index (Phi) is 1.85. The van der Waals surface area contributed by atoms with E-state index in [1.807, 2.05) is 22.7 Å². The zero-order chi connectivity index (χ0) is 10.3. The minimum atomic E-state index is 0.680. The van der Waals surface area contributed by atoms with Crippen molar-refractivity contribution in [2.75, 3.05) is 0 Å². The van der Waals surface area contributed by atoms with E-state index in [2.05, 4.69) is 26.1 Å². The zero-order valence-corrected chi connectivity index (χ0v) is 9.18. The quantitative estimate of drug-likeness (QED) is 0.678. The third-order valence-electron chi connectivity index (χ3n) is 2.17. The fourth-order valence-electron chi connectivity index (χ4n) is 1.50. The van der Waals surface area contributed by atoms with E-state index in [0.29, 0.717) is 5.76 Å². The number of fused-ring (bicyclic) bond motifs is 1. The highest BCUT2D eigenvalue weighted by molar-refractivity contribution is 9.10. The van der Waals surface area contributed by atoms with Gasteiger partial charge in [-0.25, -0.2) is 4.98 Å². The SMILES string of the molecule is Brc1ccc2c(-c3ccno3)ncn2c1. The minimum Gasteiger partial charge on any atom is -0.355 e. The van der Waals surface area contributed by atoms with Crippen LogP contribution in [0, 0.1) is 0 Å². The van der Waals surface area contributed by atoms with Crippen LogP contribution in [-0.2, 0) is 0 Å².